The maximum atomic E-state index is 10.4. The van der Waals surface area contributed by atoms with Gasteiger partial charge in [-0.25, -0.2) is 0 Å². The minimum Gasteiger partial charge on any atom is -0.502 e. The molecule has 0 spiro atoms. The molecule has 1 aromatic carbocycles. The average Bonchev–Trinajstić information content (AvgIpc) is 2.24. The molecular weight excluding hydrogens is 235 g/mol. The Morgan fingerprint density at radius 1 is 1.19 bits per heavy atom. The van der Waals surface area contributed by atoms with Gasteiger partial charge in [0.25, 0.3) is 5.69 Å². The fourth-order valence-corrected chi connectivity index (χ4v) is 1.19. The second kappa shape index (κ2) is 5.97. The summed E-state index contributed by atoms with van der Waals surface area (Å²) in [7, 11) is 1.99. The summed E-state index contributed by atoms with van der Waals surface area (Å²) < 4.78 is 0. The van der Waals surface area contributed by atoms with Crippen molar-refractivity contribution < 1.29 is 15.0 Å². The first-order valence-corrected chi connectivity index (χ1v) is 4.92. The largest absolute Gasteiger partial charge is 0.502 e. The molecule has 0 aliphatic heterocycles. The zero-order chi connectivity index (χ0) is 12.9. The van der Waals surface area contributed by atoms with Crippen molar-refractivity contribution in [2.45, 2.75) is 13.8 Å². The number of nitro benzene ring substituents is 2. The van der Waals surface area contributed by atoms with E-state index in [9.17, 15) is 25.3 Å². The molecule has 1 rings (SSSR count). The topological polar surface area (TPSA) is 107 Å². The van der Waals surface area contributed by atoms with Gasteiger partial charge in [0.1, 0.15) is 0 Å². The van der Waals surface area contributed by atoms with Gasteiger partial charge < -0.3 is 5.11 Å². The Hall–Kier alpha value is -1.75. The number of nitrogens with zero attached hydrogens (tertiary/aromatic N) is 2. The van der Waals surface area contributed by atoms with Crippen LogP contribution in [0.4, 0.5) is 11.4 Å². The van der Waals surface area contributed by atoms with Crippen LogP contribution in [0, 0.1) is 20.2 Å². The van der Waals surface area contributed by atoms with Crippen LogP contribution in [-0.4, -0.2) is 15.0 Å². The van der Waals surface area contributed by atoms with Crippen LogP contribution >= 0.6 is 9.24 Å². The van der Waals surface area contributed by atoms with Gasteiger partial charge in [-0.15, -0.1) is 9.24 Å². The quantitative estimate of drug-likeness (QED) is 0.485. The lowest BCUT2D eigenvalue weighted by molar-refractivity contribution is -0.394. The number of nitro groups is 2. The molecule has 0 aliphatic rings. The molecule has 1 aromatic rings. The van der Waals surface area contributed by atoms with Crippen molar-refractivity contribution in [3.05, 3.63) is 32.4 Å². The lowest BCUT2D eigenvalue weighted by atomic mass is 10.2. The van der Waals surface area contributed by atoms with E-state index in [4.69, 9.17) is 0 Å². The van der Waals surface area contributed by atoms with E-state index < -0.39 is 27.0 Å². The maximum absolute atomic E-state index is 10.4. The Labute approximate surface area is 93.6 Å². The van der Waals surface area contributed by atoms with Crippen molar-refractivity contribution in [3.8, 4) is 5.75 Å². The highest BCUT2D eigenvalue weighted by molar-refractivity contribution is 7.27. The summed E-state index contributed by atoms with van der Waals surface area (Å²) in [5.41, 5.74) is -1.11. The summed E-state index contributed by atoms with van der Waals surface area (Å²) in [6, 6.07) is 1.75. The van der Waals surface area contributed by atoms with E-state index in [-0.39, 0.29) is 5.30 Å². The molecule has 0 amide bonds. The highest BCUT2D eigenvalue weighted by atomic mass is 31.0. The Kier molecular flexibility index (Phi) is 5.32. The molecule has 7 nitrogen and oxygen atoms in total. The molecule has 16 heavy (non-hydrogen) atoms. The molecule has 0 aliphatic carbocycles. The highest BCUT2D eigenvalue weighted by Crippen LogP contribution is 2.29. The van der Waals surface area contributed by atoms with Gasteiger partial charge in [0.15, 0.2) is 0 Å². The van der Waals surface area contributed by atoms with Crippen LogP contribution in [0.3, 0.4) is 0 Å². The number of phenols is 1. The van der Waals surface area contributed by atoms with Crippen molar-refractivity contribution in [2.24, 2.45) is 0 Å². The van der Waals surface area contributed by atoms with Crippen molar-refractivity contribution in [1.82, 2.24) is 0 Å². The Bertz CT molecular complexity index is 421. The SMILES string of the molecule is CC.O=[N+]([O-])c1cc(P)c(O)c([N+](=O)[O-])c1. The molecule has 0 bridgehead atoms. The van der Waals surface area contributed by atoms with Crippen molar-refractivity contribution in [3.63, 3.8) is 0 Å². The molecule has 0 radical (unpaired) electrons. The summed E-state index contributed by atoms with van der Waals surface area (Å²) in [5, 5.41) is 29.9. The third kappa shape index (κ3) is 3.13. The third-order valence-corrected chi connectivity index (χ3v) is 1.95. The van der Waals surface area contributed by atoms with Gasteiger partial charge in [0.05, 0.1) is 15.9 Å². The molecule has 0 heterocycles. The van der Waals surface area contributed by atoms with Crippen LogP contribution in [0.5, 0.6) is 5.75 Å². The normalized spacial score (nSPS) is 8.94. The Balaban J connectivity index is 0.00000106. The molecule has 0 fully saturated rings. The second-order valence-corrected chi connectivity index (χ2v) is 3.04. The summed E-state index contributed by atoms with van der Waals surface area (Å²) >= 11 is 0. The maximum Gasteiger partial charge on any atom is 0.318 e. The number of non-ortho nitro benzene ring substituents is 1. The molecular formula is C8H11N2O5P. The van der Waals surface area contributed by atoms with Crippen LogP contribution in [0.25, 0.3) is 0 Å². The van der Waals surface area contributed by atoms with Crippen molar-refractivity contribution in [1.29, 1.82) is 0 Å². The van der Waals surface area contributed by atoms with Crippen LogP contribution in [-0.2, 0) is 0 Å². The summed E-state index contributed by atoms with van der Waals surface area (Å²) in [6.07, 6.45) is 0. The van der Waals surface area contributed by atoms with Gasteiger partial charge in [-0.3, -0.25) is 20.2 Å². The average molecular weight is 246 g/mol. The number of rotatable bonds is 2. The standard InChI is InChI=1S/C6H5N2O5P.C2H6/c9-6-4(8(12)13)1-3(7(10)11)2-5(6)14;1-2/h1-2,9H,14H2;1-2H3. The molecule has 8 heteroatoms. The first-order chi connectivity index (χ1) is 7.43. The minimum atomic E-state index is -0.879. The van der Waals surface area contributed by atoms with E-state index in [2.05, 4.69) is 0 Å². The molecule has 1 N–H and O–H groups in total. The zero-order valence-corrected chi connectivity index (χ0v) is 9.86. The van der Waals surface area contributed by atoms with Gasteiger partial charge in [-0.1, -0.05) is 13.8 Å². The van der Waals surface area contributed by atoms with E-state index in [1.165, 1.54) is 0 Å². The fourth-order valence-electron chi connectivity index (χ4n) is 0.870. The molecule has 0 saturated heterocycles. The predicted molar refractivity (Wildman–Crippen MR) is 62.1 cm³/mol. The fraction of sp³-hybridized carbons (Fsp3) is 0.250. The summed E-state index contributed by atoms with van der Waals surface area (Å²) in [5.74, 6) is -0.578. The lowest BCUT2D eigenvalue weighted by Crippen LogP contribution is -2.00. The van der Waals surface area contributed by atoms with Gasteiger partial charge in [0, 0.05) is 11.4 Å². The Morgan fingerprint density at radius 3 is 2.06 bits per heavy atom. The van der Waals surface area contributed by atoms with Crippen LogP contribution in [0.1, 0.15) is 13.8 Å². The third-order valence-electron chi connectivity index (χ3n) is 1.51. The number of benzene rings is 1. The Morgan fingerprint density at radius 2 is 1.69 bits per heavy atom. The molecule has 0 saturated carbocycles. The van der Waals surface area contributed by atoms with Crippen molar-refractivity contribution >= 4 is 25.9 Å². The smallest absolute Gasteiger partial charge is 0.318 e. The van der Waals surface area contributed by atoms with Gasteiger partial charge >= 0.3 is 5.69 Å². The predicted octanol–water partition coefficient (Wildman–Crippen LogP) is 1.74. The molecule has 0 aromatic heterocycles. The first kappa shape index (κ1) is 14.2. The first-order valence-electron chi connectivity index (χ1n) is 4.34. The lowest BCUT2D eigenvalue weighted by Gasteiger charge is -1.99. The van der Waals surface area contributed by atoms with E-state index >= 15 is 0 Å². The number of phenolic OH excluding ortho intramolecular Hbond substituents is 1. The summed E-state index contributed by atoms with van der Waals surface area (Å²) in [4.78, 5) is 19.1. The molecule has 1 unspecified atom stereocenters. The van der Waals surface area contributed by atoms with E-state index in [0.29, 0.717) is 6.07 Å². The van der Waals surface area contributed by atoms with Gasteiger partial charge in [0.2, 0.25) is 5.75 Å². The van der Waals surface area contributed by atoms with Crippen molar-refractivity contribution in [2.75, 3.05) is 0 Å². The summed E-state index contributed by atoms with van der Waals surface area (Å²) in [6.45, 7) is 4.00. The number of aromatic hydroxyl groups is 1. The molecule has 1 atom stereocenters. The van der Waals surface area contributed by atoms with Crippen LogP contribution < -0.4 is 5.30 Å². The number of hydrogen-bond donors (Lipinski definition) is 1. The van der Waals surface area contributed by atoms with Crippen LogP contribution in [0.2, 0.25) is 0 Å². The number of hydrogen-bond acceptors (Lipinski definition) is 5. The monoisotopic (exact) mass is 246 g/mol. The van der Waals surface area contributed by atoms with E-state index in [1.54, 1.807) is 0 Å². The zero-order valence-electron chi connectivity index (χ0n) is 8.71. The van der Waals surface area contributed by atoms with Gasteiger partial charge in [-0.05, 0) is 0 Å². The molecule has 88 valence electrons. The van der Waals surface area contributed by atoms with E-state index in [1.807, 2.05) is 23.1 Å². The minimum absolute atomic E-state index is 0.0194. The van der Waals surface area contributed by atoms with Gasteiger partial charge in [-0.2, -0.15) is 0 Å². The van der Waals surface area contributed by atoms with Crippen LogP contribution in [0.15, 0.2) is 12.1 Å². The highest BCUT2D eigenvalue weighted by Gasteiger charge is 2.21. The second-order valence-electron chi connectivity index (χ2n) is 2.42. The van der Waals surface area contributed by atoms with E-state index in [0.717, 1.165) is 6.07 Å².